The minimum absolute atomic E-state index is 0.0428. The molecule has 90 valence electrons. The predicted octanol–water partition coefficient (Wildman–Crippen LogP) is 2.42. The maximum absolute atomic E-state index is 10.5. The second-order valence-electron chi connectivity index (χ2n) is 4.08. The number of aryl methyl sites for hydroxylation is 2. The van der Waals surface area contributed by atoms with E-state index in [9.17, 15) is 4.79 Å². The SMILES string of the molecule is Cc1cc(C#N)cc(C)c1O[C@@H](C)CC(=O)O. The summed E-state index contributed by atoms with van der Waals surface area (Å²) >= 11 is 0. The van der Waals surface area contributed by atoms with E-state index < -0.39 is 12.1 Å². The third-order valence-electron chi connectivity index (χ3n) is 2.37. The molecule has 0 bridgehead atoms. The topological polar surface area (TPSA) is 70.3 Å². The van der Waals surface area contributed by atoms with Gasteiger partial charge in [0.15, 0.2) is 0 Å². The number of nitrogens with zero attached hydrogens (tertiary/aromatic N) is 1. The lowest BCUT2D eigenvalue weighted by Crippen LogP contribution is -2.17. The normalized spacial score (nSPS) is 11.6. The molecular weight excluding hydrogens is 218 g/mol. The van der Waals surface area contributed by atoms with E-state index in [1.807, 2.05) is 13.8 Å². The van der Waals surface area contributed by atoms with Crippen molar-refractivity contribution in [1.29, 1.82) is 5.26 Å². The van der Waals surface area contributed by atoms with Gasteiger partial charge in [-0.15, -0.1) is 0 Å². The zero-order valence-corrected chi connectivity index (χ0v) is 10.2. The van der Waals surface area contributed by atoms with Crippen molar-refractivity contribution in [3.05, 3.63) is 28.8 Å². The summed E-state index contributed by atoms with van der Waals surface area (Å²) in [6.07, 6.45) is -0.434. The van der Waals surface area contributed by atoms with Crippen LogP contribution < -0.4 is 4.74 Å². The fourth-order valence-corrected chi connectivity index (χ4v) is 1.69. The second-order valence-corrected chi connectivity index (χ2v) is 4.08. The summed E-state index contributed by atoms with van der Waals surface area (Å²) in [7, 11) is 0. The van der Waals surface area contributed by atoms with Gasteiger partial charge in [-0.05, 0) is 44.0 Å². The lowest BCUT2D eigenvalue weighted by molar-refractivity contribution is -0.138. The Bertz CT molecular complexity index is 451. The highest BCUT2D eigenvalue weighted by Crippen LogP contribution is 2.26. The first-order valence-electron chi connectivity index (χ1n) is 5.34. The summed E-state index contributed by atoms with van der Waals surface area (Å²) in [6, 6.07) is 5.54. The second kappa shape index (κ2) is 5.35. The number of aliphatic carboxylic acids is 1. The Morgan fingerprint density at radius 1 is 1.47 bits per heavy atom. The van der Waals surface area contributed by atoms with Crippen LogP contribution in [0.15, 0.2) is 12.1 Å². The Morgan fingerprint density at radius 2 is 2.00 bits per heavy atom. The average molecular weight is 233 g/mol. The van der Waals surface area contributed by atoms with Crippen molar-refractivity contribution < 1.29 is 14.6 Å². The van der Waals surface area contributed by atoms with Crippen molar-refractivity contribution in [1.82, 2.24) is 0 Å². The molecule has 0 amide bonds. The highest BCUT2D eigenvalue weighted by molar-refractivity contribution is 5.67. The lowest BCUT2D eigenvalue weighted by atomic mass is 10.1. The third kappa shape index (κ3) is 3.49. The molecule has 1 aromatic rings. The molecule has 0 aromatic heterocycles. The van der Waals surface area contributed by atoms with Crippen LogP contribution in [0.1, 0.15) is 30.0 Å². The Kier molecular flexibility index (Phi) is 4.11. The molecule has 4 nitrogen and oxygen atoms in total. The van der Waals surface area contributed by atoms with Gasteiger partial charge in [-0.2, -0.15) is 5.26 Å². The molecule has 0 fully saturated rings. The molecule has 1 aromatic carbocycles. The van der Waals surface area contributed by atoms with Crippen LogP contribution in [0, 0.1) is 25.2 Å². The van der Waals surface area contributed by atoms with E-state index in [4.69, 9.17) is 15.1 Å². The van der Waals surface area contributed by atoms with Gasteiger partial charge in [0.25, 0.3) is 0 Å². The van der Waals surface area contributed by atoms with Gasteiger partial charge in [0.2, 0.25) is 0 Å². The van der Waals surface area contributed by atoms with Crippen LogP contribution in [0.4, 0.5) is 0 Å². The lowest BCUT2D eigenvalue weighted by Gasteiger charge is -2.17. The molecule has 0 aliphatic heterocycles. The molecule has 1 atom stereocenters. The van der Waals surface area contributed by atoms with Crippen molar-refractivity contribution >= 4 is 5.97 Å². The summed E-state index contributed by atoms with van der Waals surface area (Å²) in [5.41, 5.74) is 2.27. The molecule has 0 saturated carbocycles. The molecule has 1 N–H and O–H groups in total. The maximum Gasteiger partial charge on any atom is 0.307 e. The third-order valence-corrected chi connectivity index (χ3v) is 2.37. The number of carbonyl (C=O) groups is 1. The van der Waals surface area contributed by atoms with Crippen LogP contribution in [0.3, 0.4) is 0 Å². The average Bonchev–Trinajstić information content (AvgIpc) is 2.22. The zero-order chi connectivity index (χ0) is 13.0. The van der Waals surface area contributed by atoms with Crippen LogP contribution >= 0.6 is 0 Å². The van der Waals surface area contributed by atoms with Crippen molar-refractivity contribution in [3.8, 4) is 11.8 Å². The highest BCUT2D eigenvalue weighted by Gasteiger charge is 2.13. The number of carboxylic acids is 1. The van der Waals surface area contributed by atoms with Gasteiger partial charge < -0.3 is 9.84 Å². The van der Waals surface area contributed by atoms with Gasteiger partial charge in [0.1, 0.15) is 11.9 Å². The standard InChI is InChI=1S/C13H15NO3/c1-8-4-11(7-14)5-9(2)13(8)17-10(3)6-12(15)16/h4-5,10H,6H2,1-3H3,(H,15,16)/t10-/m0/s1. The van der Waals surface area contributed by atoms with Crippen molar-refractivity contribution in [3.63, 3.8) is 0 Å². The summed E-state index contributed by atoms with van der Waals surface area (Å²) in [5, 5.41) is 17.5. The highest BCUT2D eigenvalue weighted by atomic mass is 16.5. The number of ether oxygens (including phenoxy) is 1. The first kappa shape index (κ1) is 13.0. The van der Waals surface area contributed by atoms with Gasteiger partial charge in [0, 0.05) is 0 Å². The van der Waals surface area contributed by atoms with Crippen molar-refractivity contribution in [2.24, 2.45) is 0 Å². The molecule has 0 spiro atoms. The van der Waals surface area contributed by atoms with Crippen LogP contribution in [0.5, 0.6) is 5.75 Å². The molecular formula is C13H15NO3. The van der Waals surface area contributed by atoms with E-state index in [2.05, 4.69) is 6.07 Å². The van der Waals surface area contributed by atoms with Crippen LogP contribution in [-0.4, -0.2) is 17.2 Å². The first-order chi connectivity index (χ1) is 7.93. The molecule has 17 heavy (non-hydrogen) atoms. The Hall–Kier alpha value is -2.02. The Labute approximate surface area is 100 Å². The van der Waals surface area contributed by atoms with Gasteiger partial charge >= 0.3 is 5.97 Å². The molecule has 0 heterocycles. The van der Waals surface area contributed by atoms with E-state index in [-0.39, 0.29) is 6.42 Å². The largest absolute Gasteiger partial charge is 0.490 e. The van der Waals surface area contributed by atoms with Crippen molar-refractivity contribution in [2.75, 3.05) is 0 Å². The number of hydrogen-bond donors (Lipinski definition) is 1. The molecule has 4 heteroatoms. The number of benzene rings is 1. The van der Waals surface area contributed by atoms with Crippen LogP contribution in [0.2, 0.25) is 0 Å². The maximum atomic E-state index is 10.5. The fraction of sp³-hybridized carbons (Fsp3) is 0.385. The fourth-order valence-electron chi connectivity index (χ4n) is 1.69. The smallest absolute Gasteiger partial charge is 0.307 e. The number of nitriles is 1. The quantitative estimate of drug-likeness (QED) is 0.866. The van der Waals surface area contributed by atoms with Crippen LogP contribution in [-0.2, 0) is 4.79 Å². The van der Waals surface area contributed by atoms with Gasteiger partial charge in [0.05, 0.1) is 18.1 Å². The van der Waals surface area contributed by atoms with E-state index in [1.165, 1.54) is 0 Å². The van der Waals surface area contributed by atoms with E-state index in [0.717, 1.165) is 11.1 Å². The minimum Gasteiger partial charge on any atom is -0.490 e. The monoisotopic (exact) mass is 233 g/mol. The Morgan fingerprint density at radius 3 is 2.41 bits per heavy atom. The molecule has 0 unspecified atom stereocenters. The van der Waals surface area contributed by atoms with Gasteiger partial charge in [-0.1, -0.05) is 0 Å². The summed E-state index contributed by atoms with van der Waals surface area (Å²) in [4.78, 5) is 10.5. The molecule has 0 saturated heterocycles. The van der Waals surface area contributed by atoms with Gasteiger partial charge in [-0.3, -0.25) is 4.79 Å². The molecule has 0 radical (unpaired) electrons. The van der Waals surface area contributed by atoms with Gasteiger partial charge in [-0.25, -0.2) is 0 Å². The first-order valence-corrected chi connectivity index (χ1v) is 5.34. The van der Waals surface area contributed by atoms with Crippen LogP contribution in [0.25, 0.3) is 0 Å². The van der Waals surface area contributed by atoms with E-state index >= 15 is 0 Å². The number of hydrogen-bond acceptors (Lipinski definition) is 3. The predicted molar refractivity (Wildman–Crippen MR) is 63.0 cm³/mol. The summed E-state index contributed by atoms with van der Waals surface area (Å²) < 4.78 is 5.60. The van der Waals surface area contributed by atoms with Crippen molar-refractivity contribution in [2.45, 2.75) is 33.3 Å². The summed E-state index contributed by atoms with van der Waals surface area (Å²) in [6.45, 7) is 5.40. The number of rotatable bonds is 4. The summed E-state index contributed by atoms with van der Waals surface area (Å²) in [5.74, 6) is -0.223. The molecule has 0 aliphatic rings. The molecule has 0 aliphatic carbocycles. The van der Waals surface area contributed by atoms with E-state index in [1.54, 1.807) is 19.1 Å². The van der Waals surface area contributed by atoms with E-state index in [0.29, 0.717) is 11.3 Å². The Balaban J connectivity index is 2.92. The number of carboxylic acid groups (broad SMARTS) is 1. The molecule has 1 rings (SSSR count). The zero-order valence-electron chi connectivity index (χ0n) is 10.2. The minimum atomic E-state index is -0.888.